The number of rotatable bonds is 5. The second-order valence-corrected chi connectivity index (χ2v) is 4.63. The smallest absolute Gasteiger partial charge is 0.251 e. The summed E-state index contributed by atoms with van der Waals surface area (Å²) >= 11 is 3.91. The minimum absolute atomic E-state index is 0.0933. The number of carbonyl (C=O) groups excluding carboxylic acids is 2. The number of hydrogen-bond acceptors (Lipinski definition) is 3. The molecular formula is C13H17FN2O2S. The highest BCUT2D eigenvalue weighted by Crippen LogP contribution is 2.14. The maximum absolute atomic E-state index is 13.0. The number of halogens is 1. The highest BCUT2D eigenvalue weighted by molar-refractivity contribution is 7.80. The van der Waals surface area contributed by atoms with Gasteiger partial charge >= 0.3 is 0 Å². The first kappa shape index (κ1) is 15.5. The van der Waals surface area contributed by atoms with E-state index in [4.69, 9.17) is 0 Å². The zero-order chi connectivity index (χ0) is 14.4. The minimum atomic E-state index is -0.646. The van der Waals surface area contributed by atoms with Crippen molar-refractivity contribution in [1.29, 1.82) is 0 Å². The minimum Gasteiger partial charge on any atom is -0.354 e. The summed E-state index contributed by atoms with van der Waals surface area (Å²) in [6.45, 7) is 4.10. The molecule has 0 aromatic heterocycles. The molecule has 1 aromatic rings. The zero-order valence-corrected chi connectivity index (χ0v) is 11.8. The van der Waals surface area contributed by atoms with E-state index in [-0.39, 0.29) is 16.4 Å². The molecule has 0 bridgehead atoms. The van der Waals surface area contributed by atoms with Crippen molar-refractivity contribution in [3.05, 3.63) is 29.6 Å². The van der Waals surface area contributed by atoms with E-state index in [9.17, 15) is 14.0 Å². The van der Waals surface area contributed by atoms with Gasteiger partial charge in [0.15, 0.2) is 0 Å². The lowest BCUT2D eigenvalue weighted by molar-refractivity contribution is -0.122. The van der Waals surface area contributed by atoms with Crippen LogP contribution in [0.3, 0.4) is 0 Å². The third-order valence-electron chi connectivity index (χ3n) is 2.50. The van der Waals surface area contributed by atoms with Gasteiger partial charge in [-0.15, -0.1) is 12.6 Å². The van der Waals surface area contributed by atoms with Gasteiger partial charge in [-0.1, -0.05) is 6.92 Å². The van der Waals surface area contributed by atoms with Gasteiger partial charge in [-0.05, 0) is 31.5 Å². The van der Waals surface area contributed by atoms with Crippen LogP contribution in [0.15, 0.2) is 23.1 Å². The van der Waals surface area contributed by atoms with Crippen molar-refractivity contribution in [2.75, 3.05) is 6.54 Å². The Morgan fingerprint density at radius 1 is 1.42 bits per heavy atom. The normalized spacial score (nSPS) is 11.8. The quantitative estimate of drug-likeness (QED) is 0.722. The van der Waals surface area contributed by atoms with Crippen molar-refractivity contribution in [2.45, 2.75) is 31.2 Å². The average Bonchev–Trinajstić information content (AvgIpc) is 2.38. The third kappa shape index (κ3) is 4.55. The number of benzene rings is 1. The zero-order valence-electron chi connectivity index (χ0n) is 10.9. The van der Waals surface area contributed by atoms with E-state index in [1.165, 1.54) is 18.2 Å². The van der Waals surface area contributed by atoms with Crippen LogP contribution in [0.5, 0.6) is 0 Å². The van der Waals surface area contributed by atoms with Crippen molar-refractivity contribution in [3.63, 3.8) is 0 Å². The summed E-state index contributed by atoms with van der Waals surface area (Å²) < 4.78 is 13.0. The lowest BCUT2D eigenvalue weighted by atomic mass is 10.2. The van der Waals surface area contributed by atoms with Crippen LogP contribution in [0.25, 0.3) is 0 Å². The number of amides is 2. The monoisotopic (exact) mass is 284 g/mol. The molecule has 19 heavy (non-hydrogen) atoms. The molecule has 2 amide bonds. The fraction of sp³-hybridized carbons (Fsp3) is 0.385. The van der Waals surface area contributed by atoms with Crippen molar-refractivity contribution < 1.29 is 14.0 Å². The number of hydrogen-bond donors (Lipinski definition) is 3. The molecule has 6 heteroatoms. The highest BCUT2D eigenvalue weighted by Gasteiger charge is 2.16. The molecule has 0 saturated heterocycles. The van der Waals surface area contributed by atoms with E-state index in [0.29, 0.717) is 6.54 Å². The largest absolute Gasteiger partial charge is 0.354 e. The molecular weight excluding hydrogens is 267 g/mol. The Bertz CT molecular complexity index is 480. The molecule has 0 fully saturated rings. The molecule has 1 rings (SSSR count). The van der Waals surface area contributed by atoms with Gasteiger partial charge in [-0.2, -0.15) is 0 Å². The molecule has 0 heterocycles. The van der Waals surface area contributed by atoms with E-state index in [2.05, 4.69) is 23.3 Å². The predicted molar refractivity (Wildman–Crippen MR) is 73.9 cm³/mol. The molecule has 2 N–H and O–H groups in total. The van der Waals surface area contributed by atoms with Crippen molar-refractivity contribution in [2.24, 2.45) is 0 Å². The third-order valence-corrected chi connectivity index (χ3v) is 2.84. The molecule has 1 atom stereocenters. The maximum Gasteiger partial charge on any atom is 0.251 e. The van der Waals surface area contributed by atoms with Crippen molar-refractivity contribution in [3.8, 4) is 0 Å². The molecule has 0 aliphatic carbocycles. The molecule has 0 aliphatic rings. The lowest BCUT2D eigenvalue weighted by Crippen LogP contribution is -2.45. The van der Waals surface area contributed by atoms with Crippen LogP contribution < -0.4 is 10.6 Å². The van der Waals surface area contributed by atoms with Crippen LogP contribution in [-0.2, 0) is 4.79 Å². The summed E-state index contributed by atoms with van der Waals surface area (Å²) in [5.41, 5.74) is 0.265. The van der Waals surface area contributed by atoms with Gasteiger partial charge in [0.2, 0.25) is 5.91 Å². The van der Waals surface area contributed by atoms with E-state index < -0.39 is 17.8 Å². The summed E-state index contributed by atoms with van der Waals surface area (Å²) in [4.78, 5) is 23.5. The van der Waals surface area contributed by atoms with Crippen LogP contribution in [0.1, 0.15) is 30.6 Å². The Morgan fingerprint density at radius 3 is 2.68 bits per heavy atom. The first-order valence-corrected chi connectivity index (χ1v) is 6.47. The second-order valence-electron chi connectivity index (χ2n) is 4.15. The van der Waals surface area contributed by atoms with E-state index in [1.54, 1.807) is 6.92 Å². The van der Waals surface area contributed by atoms with E-state index >= 15 is 0 Å². The van der Waals surface area contributed by atoms with Gasteiger partial charge in [0.25, 0.3) is 5.91 Å². The molecule has 0 radical (unpaired) electrons. The van der Waals surface area contributed by atoms with Gasteiger partial charge in [0.1, 0.15) is 11.9 Å². The van der Waals surface area contributed by atoms with Gasteiger partial charge in [-0.25, -0.2) is 4.39 Å². The summed E-state index contributed by atoms with van der Waals surface area (Å²) in [6.07, 6.45) is 0.827. The summed E-state index contributed by atoms with van der Waals surface area (Å²) in [7, 11) is 0. The fourth-order valence-corrected chi connectivity index (χ4v) is 1.61. The molecule has 0 spiro atoms. The van der Waals surface area contributed by atoms with Crippen LogP contribution >= 0.6 is 12.6 Å². The van der Waals surface area contributed by atoms with Crippen molar-refractivity contribution in [1.82, 2.24) is 10.6 Å². The first-order chi connectivity index (χ1) is 8.95. The van der Waals surface area contributed by atoms with Gasteiger partial charge in [0.05, 0.1) is 0 Å². The summed E-state index contributed by atoms with van der Waals surface area (Å²) in [5.74, 6) is -1.17. The molecule has 1 aromatic carbocycles. The first-order valence-electron chi connectivity index (χ1n) is 6.02. The Labute approximate surface area is 117 Å². The molecule has 1 unspecified atom stereocenters. The Hall–Kier alpha value is -1.56. The summed E-state index contributed by atoms with van der Waals surface area (Å²) in [6, 6.07) is 3.19. The Kier molecular flexibility index (Phi) is 5.82. The summed E-state index contributed by atoms with van der Waals surface area (Å²) in [5, 5.41) is 5.22. The Morgan fingerprint density at radius 2 is 2.11 bits per heavy atom. The highest BCUT2D eigenvalue weighted by atomic mass is 32.1. The fourth-order valence-electron chi connectivity index (χ4n) is 1.40. The van der Waals surface area contributed by atoms with Crippen LogP contribution in [0, 0.1) is 5.82 Å². The number of carbonyl (C=O) groups is 2. The van der Waals surface area contributed by atoms with E-state index in [1.807, 2.05) is 6.92 Å². The number of thiol groups is 1. The topological polar surface area (TPSA) is 58.2 Å². The predicted octanol–water partition coefficient (Wildman–Crippen LogP) is 1.76. The SMILES string of the molecule is CCCNC(=O)C(C)NC(=O)c1ccc(F)c(S)c1. The maximum atomic E-state index is 13.0. The van der Waals surface area contributed by atoms with Crippen LogP contribution in [-0.4, -0.2) is 24.4 Å². The molecule has 104 valence electrons. The molecule has 4 nitrogen and oxygen atoms in total. The number of nitrogens with one attached hydrogen (secondary N) is 2. The van der Waals surface area contributed by atoms with Gasteiger partial charge in [-0.3, -0.25) is 9.59 Å². The lowest BCUT2D eigenvalue weighted by Gasteiger charge is -2.14. The molecule has 0 saturated carbocycles. The average molecular weight is 284 g/mol. The van der Waals surface area contributed by atoms with Gasteiger partial charge in [0, 0.05) is 17.0 Å². The Balaban J connectivity index is 2.63. The van der Waals surface area contributed by atoms with E-state index in [0.717, 1.165) is 6.42 Å². The standard InChI is InChI=1S/C13H17FN2O2S/c1-3-6-15-12(17)8(2)16-13(18)9-4-5-10(14)11(19)7-9/h4-5,7-8,19H,3,6H2,1-2H3,(H,15,17)(H,16,18). The van der Waals surface area contributed by atoms with Crippen LogP contribution in [0.2, 0.25) is 0 Å². The van der Waals surface area contributed by atoms with Crippen molar-refractivity contribution >= 4 is 24.4 Å². The van der Waals surface area contributed by atoms with Gasteiger partial charge < -0.3 is 10.6 Å². The van der Waals surface area contributed by atoms with Crippen LogP contribution in [0.4, 0.5) is 4.39 Å². The second kappa shape index (κ2) is 7.13. The molecule has 0 aliphatic heterocycles.